The van der Waals surface area contributed by atoms with Gasteiger partial charge in [-0.2, -0.15) is 0 Å². The lowest BCUT2D eigenvalue weighted by molar-refractivity contribution is -0.127. The highest BCUT2D eigenvalue weighted by molar-refractivity contribution is 8.18. The van der Waals surface area contributed by atoms with Crippen molar-refractivity contribution in [1.29, 1.82) is 0 Å². The minimum atomic E-state index is -0.560. The van der Waals surface area contributed by atoms with Gasteiger partial charge in [0, 0.05) is 5.69 Å². The molecule has 2 aromatic rings. The summed E-state index contributed by atoms with van der Waals surface area (Å²) >= 11 is 0.761. The molecule has 1 aliphatic heterocycles. The van der Waals surface area contributed by atoms with Crippen LogP contribution < -0.4 is 14.8 Å². The number of nitrogens with one attached hydrogen (secondary N) is 1. The number of thioether (sulfide) groups is 1. The zero-order valence-corrected chi connectivity index (χ0v) is 19.4. The number of imide groups is 1. The second-order valence-electron chi connectivity index (χ2n) is 7.30. The lowest BCUT2D eigenvalue weighted by Crippen LogP contribution is -2.36. The van der Waals surface area contributed by atoms with Gasteiger partial charge in [-0.25, -0.2) is 4.39 Å². The summed E-state index contributed by atoms with van der Waals surface area (Å²) in [6.45, 7) is 5.86. The number of benzene rings is 2. The molecule has 1 N–H and O–H groups in total. The van der Waals surface area contributed by atoms with Gasteiger partial charge in [-0.15, -0.1) is 0 Å². The second kappa shape index (κ2) is 11.0. The molecule has 2 aromatic carbocycles. The molecule has 0 bridgehead atoms. The molecule has 7 nitrogen and oxygen atoms in total. The highest BCUT2D eigenvalue weighted by Gasteiger charge is 2.36. The van der Waals surface area contributed by atoms with E-state index in [-0.39, 0.29) is 11.0 Å². The Morgan fingerprint density at radius 1 is 1.15 bits per heavy atom. The van der Waals surface area contributed by atoms with Crippen LogP contribution in [0.3, 0.4) is 0 Å². The first-order chi connectivity index (χ1) is 15.8. The quantitative estimate of drug-likeness (QED) is 0.513. The van der Waals surface area contributed by atoms with Crippen LogP contribution in [0.5, 0.6) is 11.5 Å². The number of hydrogen-bond donors (Lipinski definition) is 1. The minimum absolute atomic E-state index is 0.0209. The third kappa shape index (κ3) is 6.35. The van der Waals surface area contributed by atoms with Crippen molar-refractivity contribution in [2.45, 2.75) is 33.3 Å². The summed E-state index contributed by atoms with van der Waals surface area (Å²) in [5, 5.41) is 2.00. The standard InChI is InChI=1S/C24H25FN2O5S/c1-4-15(3)32-19-11-6-16(12-20(19)31-5-2)13-21-23(29)27(24(30)33-21)14-22(28)26-18-9-7-17(25)8-10-18/h6-13,15H,4-5,14H2,1-3H3,(H,26,28). The maximum absolute atomic E-state index is 13.0. The molecule has 3 rings (SSSR count). The SMILES string of the molecule is CCOc1cc(C=C2SC(=O)N(CC(=O)Nc3ccc(F)cc3)C2=O)ccc1OC(C)CC. The van der Waals surface area contributed by atoms with Gasteiger partial charge in [0.1, 0.15) is 12.4 Å². The summed E-state index contributed by atoms with van der Waals surface area (Å²) in [4.78, 5) is 38.4. The van der Waals surface area contributed by atoms with Crippen LogP contribution in [-0.4, -0.2) is 41.2 Å². The van der Waals surface area contributed by atoms with Gasteiger partial charge in [-0.05, 0) is 80.1 Å². The zero-order valence-electron chi connectivity index (χ0n) is 18.6. The van der Waals surface area contributed by atoms with E-state index in [1.807, 2.05) is 20.8 Å². The Labute approximate surface area is 195 Å². The molecular formula is C24H25FN2O5S. The maximum atomic E-state index is 13.0. The number of amides is 3. The van der Waals surface area contributed by atoms with Crippen LogP contribution in [0.25, 0.3) is 6.08 Å². The number of ether oxygens (including phenoxy) is 2. The van der Waals surface area contributed by atoms with Crippen LogP contribution in [0.1, 0.15) is 32.8 Å². The van der Waals surface area contributed by atoms with Gasteiger partial charge < -0.3 is 14.8 Å². The fourth-order valence-corrected chi connectivity index (χ4v) is 3.78. The van der Waals surface area contributed by atoms with E-state index in [2.05, 4.69) is 5.32 Å². The summed E-state index contributed by atoms with van der Waals surface area (Å²) in [6, 6.07) is 10.5. The monoisotopic (exact) mass is 472 g/mol. The van der Waals surface area contributed by atoms with E-state index in [1.165, 1.54) is 24.3 Å². The summed E-state index contributed by atoms with van der Waals surface area (Å²) in [5.74, 6) is -0.401. The summed E-state index contributed by atoms with van der Waals surface area (Å²) in [7, 11) is 0. The van der Waals surface area contributed by atoms with E-state index >= 15 is 0 Å². The Balaban J connectivity index is 1.72. The number of halogens is 1. The maximum Gasteiger partial charge on any atom is 0.294 e. The molecular weight excluding hydrogens is 447 g/mol. The van der Waals surface area contributed by atoms with Gasteiger partial charge in [-0.1, -0.05) is 13.0 Å². The van der Waals surface area contributed by atoms with Crippen molar-refractivity contribution in [3.63, 3.8) is 0 Å². The average molecular weight is 473 g/mol. The fourth-order valence-electron chi connectivity index (χ4n) is 2.95. The molecule has 1 atom stereocenters. The van der Waals surface area contributed by atoms with Gasteiger partial charge in [0.15, 0.2) is 11.5 Å². The fraction of sp³-hybridized carbons (Fsp3) is 0.292. The predicted octanol–water partition coefficient (Wildman–Crippen LogP) is 5.08. The highest BCUT2D eigenvalue weighted by atomic mass is 32.2. The number of anilines is 1. The van der Waals surface area contributed by atoms with Crippen molar-refractivity contribution >= 4 is 40.6 Å². The van der Waals surface area contributed by atoms with Crippen LogP contribution in [0.4, 0.5) is 14.9 Å². The number of nitrogens with zero attached hydrogens (tertiary/aromatic N) is 1. The second-order valence-corrected chi connectivity index (χ2v) is 8.29. The minimum Gasteiger partial charge on any atom is -0.490 e. The molecule has 174 valence electrons. The van der Waals surface area contributed by atoms with Crippen molar-refractivity contribution in [1.82, 2.24) is 4.90 Å². The number of rotatable bonds is 9. The molecule has 3 amide bonds. The normalized spacial score (nSPS) is 15.6. The van der Waals surface area contributed by atoms with Gasteiger partial charge in [0.25, 0.3) is 11.1 Å². The third-order valence-electron chi connectivity index (χ3n) is 4.77. The van der Waals surface area contributed by atoms with Gasteiger partial charge in [-0.3, -0.25) is 19.3 Å². The predicted molar refractivity (Wildman–Crippen MR) is 126 cm³/mol. The molecule has 1 heterocycles. The Morgan fingerprint density at radius 3 is 2.55 bits per heavy atom. The van der Waals surface area contributed by atoms with E-state index < -0.39 is 29.4 Å². The van der Waals surface area contributed by atoms with Crippen LogP contribution in [0.15, 0.2) is 47.4 Å². The lowest BCUT2D eigenvalue weighted by Gasteiger charge is -2.16. The van der Waals surface area contributed by atoms with E-state index in [0.29, 0.717) is 29.4 Å². The van der Waals surface area contributed by atoms with Gasteiger partial charge in [0.05, 0.1) is 17.6 Å². The smallest absolute Gasteiger partial charge is 0.294 e. The van der Waals surface area contributed by atoms with E-state index in [9.17, 15) is 18.8 Å². The summed E-state index contributed by atoms with van der Waals surface area (Å²) in [5.41, 5.74) is 1.03. The number of hydrogen-bond acceptors (Lipinski definition) is 6. The number of carbonyl (C=O) groups excluding carboxylic acids is 3. The van der Waals surface area contributed by atoms with Crippen molar-refractivity contribution in [2.75, 3.05) is 18.5 Å². The van der Waals surface area contributed by atoms with Crippen LogP contribution in [-0.2, 0) is 9.59 Å². The summed E-state index contributed by atoms with van der Waals surface area (Å²) in [6.07, 6.45) is 2.45. The molecule has 1 saturated heterocycles. The molecule has 1 fully saturated rings. The molecule has 9 heteroatoms. The van der Waals surface area contributed by atoms with Crippen molar-refractivity contribution in [3.05, 3.63) is 58.8 Å². The lowest BCUT2D eigenvalue weighted by atomic mass is 10.1. The molecule has 0 aliphatic carbocycles. The molecule has 0 spiro atoms. The van der Waals surface area contributed by atoms with Gasteiger partial charge in [0.2, 0.25) is 5.91 Å². The first-order valence-electron chi connectivity index (χ1n) is 10.5. The van der Waals surface area contributed by atoms with E-state index in [4.69, 9.17) is 9.47 Å². The van der Waals surface area contributed by atoms with E-state index in [1.54, 1.807) is 24.3 Å². The van der Waals surface area contributed by atoms with Crippen LogP contribution in [0, 0.1) is 5.82 Å². The molecule has 1 unspecified atom stereocenters. The zero-order chi connectivity index (χ0) is 24.0. The first-order valence-corrected chi connectivity index (χ1v) is 11.4. The topological polar surface area (TPSA) is 84.9 Å². The molecule has 0 radical (unpaired) electrons. The Morgan fingerprint density at radius 2 is 1.88 bits per heavy atom. The number of carbonyl (C=O) groups is 3. The van der Waals surface area contributed by atoms with Crippen molar-refractivity contribution in [2.24, 2.45) is 0 Å². The highest BCUT2D eigenvalue weighted by Crippen LogP contribution is 2.35. The Bertz CT molecular complexity index is 1070. The van der Waals surface area contributed by atoms with Crippen LogP contribution in [0.2, 0.25) is 0 Å². The first kappa shape index (κ1) is 24.3. The molecule has 0 aromatic heterocycles. The summed E-state index contributed by atoms with van der Waals surface area (Å²) < 4.78 is 24.6. The third-order valence-corrected chi connectivity index (χ3v) is 5.68. The van der Waals surface area contributed by atoms with Gasteiger partial charge >= 0.3 is 0 Å². The Hall–Kier alpha value is -3.33. The van der Waals surface area contributed by atoms with Crippen molar-refractivity contribution in [3.8, 4) is 11.5 Å². The van der Waals surface area contributed by atoms with Crippen LogP contribution >= 0.6 is 11.8 Å². The molecule has 33 heavy (non-hydrogen) atoms. The Kier molecular flexibility index (Phi) is 8.11. The average Bonchev–Trinajstić information content (AvgIpc) is 3.04. The molecule has 0 saturated carbocycles. The molecule has 1 aliphatic rings. The largest absolute Gasteiger partial charge is 0.490 e. The van der Waals surface area contributed by atoms with Crippen molar-refractivity contribution < 1.29 is 28.2 Å². The van der Waals surface area contributed by atoms with E-state index in [0.717, 1.165) is 23.1 Å².